The Morgan fingerprint density at radius 3 is 2.42 bits per heavy atom. The fraction of sp³-hybridized carbons (Fsp3) is 0.385. The van der Waals surface area contributed by atoms with Gasteiger partial charge in [-0.3, -0.25) is 9.69 Å². The molecule has 1 aromatic rings. The minimum Gasteiger partial charge on any atom is -0.436 e. The molecule has 0 radical (unpaired) electrons. The minimum atomic E-state index is -0.799. The number of carbonyl (C=O) groups is 2. The van der Waals surface area contributed by atoms with Gasteiger partial charge < -0.3 is 16.2 Å². The number of hydrogen-bond donors (Lipinski definition) is 2. The average Bonchev–Trinajstić information content (AvgIpc) is 2.76. The van der Waals surface area contributed by atoms with Gasteiger partial charge in [0.1, 0.15) is 0 Å². The molecule has 102 valence electrons. The molecule has 1 aliphatic rings. The van der Waals surface area contributed by atoms with E-state index in [9.17, 15) is 9.59 Å². The van der Waals surface area contributed by atoms with E-state index in [-0.39, 0.29) is 12.3 Å². The summed E-state index contributed by atoms with van der Waals surface area (Å²) in [5.41, 5.74) is 12.8. The van der Waals surface area contributed by atoms with Crippen molar-refractivity contribution in [1.82, 2.24) is 0 Å². The first-order valence-electron chi connectivity index (χ1n) is 6.08. The van der Waals surface area contributed by atoms with Crippen LogP contribution in [0.5, 0.6) is 0 Å². The van der Waals surface area contributed by atoms with Crippen molar-refractivity contribution >= 4 is 17.6 Å². The summed E-state index contributed by atoms with van der Waals surface area (Å²) >= 11 is 0. The number of Topliss-reactive ketones (excluding diaryl/α,β-unsaturated/α-hetero) is 1. The van der Waals surface area contributed by atoms with Gasteiger partial charge in [0.15, 0.2) is 11.9 Å². The molecule has 1 aliphatic heterocycles. The maximum atomic E-state index is 11.9. The van der Waals surface area contributed by atoms with Crippen LogP contribution in [0.3, 0.4) is 0 Å². The molecule has 4 N–H and O–H groups in total. The van der Waals surface area contributed by atoms with Gasteiger partial charge in [-0.1, -0.05) is 12.1 Å². The molecule has 19 heavy (non-hydrogen) atoms. The Labute approximate surface area is 111 Å². The van der Waals surface area contributed by atoms with E-state index in [4.69, 9.17) is 16.2 Å². The number of ether oxygens (including phenoxy) is 1. The number of ketones is 1. The maximum Gasteiger partial charge on any atom is 0.415 e. The summed E-state index contributed by atoms with van der Waals surface area (Å²) in [4.78, 5) is 24.8. The van der Waals surface area contributed by atoms with E-state index in [1.165, 1.54) is 11.8 Å². The van der Waals surface area contributed by atoms with Gasteiger partial charge in [-0.2, -0.15) is 0 Å². The molecule has 0 spiro atoms. The fourth-order valence-electron chi connectivity index (χ4n) is 2.19. The zero-order valence-electron chi connectivity index (χ0n) is 10.7. The first-order valence-corrected chi connectivity index (χ1v) is 6.08. The van der Waals surface area contributed by atoms with Gasteiger partial charge in [0, 0.05) is 18.8 Å². The van der Waals surface area contributed by atoms with Crippen LogP contribution in [0.25, 0.3) is 0 Å². The number of nitrogens with zero attached hydrogens (tertiary/aromatic N) is 1. The van der Waals surface area contributed by atoms with Gasteiger partial charge in [-0.25, -0.2) is 4.79 Å². The molecule has 1 heterocycles. The minimum absolute atomic E-state index is 0.161. The third-order valence-corrected chi connectivity index (χ3v) is 3.20. The third-order valence-electron chi connectivity index (χ3n) is 3.20. The molecule has 2 atom stereocenters. The molecule has 2 rings (SSSR count). The molecule has 0 aromatic heterocycles. The quantitative estimate of drug-likeness (QED) is 0.818. The number of cyclic esters (lactones) is 1. The molecule has 1 aromatic carbocycles. The molecule has 1 unspecified atom stereocenters. The summed E-state index contributed by atoms with van der Waals surface area (Å²) in [7, 11) is 0. The average molecular weight is 263 g/mol. The number of carbonyl (C=O) groups excluding carboxylic acids is 2. The SMILES string of the molecule is CC(=O)C1OC(=O)N(c2ccc(CN)cc2)[C@H]1CN. The highest BCUT2D eigenvalue weighted by Gasteiger charge is 2.44. The van der Waals surface area contributed by atoms with Crippen LogP contribution < -0.4 is 16.4 Å². The van der Waals surface area contributed by atoms with Gasteiger partial charge >= 0.3 is 6.09 Å². The van der Waals surface area contributed by atoms with Crippen molar-refractivity contribution < 1.29 is 14.3 Å². The smallest absolute Gasteiger partial charge is 0.415 e. The van der Waals surface area contributed by atoms with Crippen LogP contribution in [-0.2, 0) is 16.1 Å². The van der Waals surface area contributed by atoms with Crippen LogP contribution >= 0.6 is 0 Å². The van der Waals surface area contributed by atoms with Gasteiger partial charge in [0.05, 0.1) is 6.04 Å². The van der Waals surface area contributed by atoms with E-state index >= 15 is 0 Å². The van der Waals surface area contributed by atoms with Gasteiger partial charge in [0.2, 0.25) is 0 Å². The van der Waals surface area contributed by atoms with Gasteiger partial charge in [-0.05, 0) is 24.6 Å². The lowest BCUT2D eigenvalue weighted by molar-refractivity contribution is -0.124. The Morgan fingerprint density at radius 2 is 1.95 bits per heavy atom. The maximum absolute atomic E-state index is 11.9. The van der Waals surface area contributed by atoms with Crippen LogP contribution in [0.4, 0.5) is 10.5 Å². The van der Waals surface area contributed by atoms with Crippen molar-refractivity contribution in [3.05, 3.63) is 29.8 Å². The normalized spacial score (nSPS) is 22.5. The van der Waals surface area contributed by atoms with Crippen LogP contribution in [0.1, 0.15) is 12.5 Å². The summed E-state index contributed by atoms with van der Waals surface area (Å²) in [5.74, 6) is -0.204. The zero-order valence-corrected chi connectivity index (χ0v) is 10.7. The lowest BCUT2D eigenvalue weighted by atomic mass is 10.1. The van der Waals surface area contributed by atoms with Crippen molar-refractivity contribution in [2.24, 2.45) is 11.5 Å². The zero-order chi connectivity index (χ0) is 14.0. The standard InChI is InChI=1S/C13H17N3O3/c1-8(17)12-11(7-15)16(13(18)19-12)10-4-2-9(6-14)3-5-10/h2-5,11-12H,6-7,14-15H2,1H3/t11-,12?/m0/s1. The summed E-state index contributed by atoms with van der Waals surface area (Å²) in [6.45, 7) is 1.98. The van der Waals surface area contributed by atoms with E-state index < -0.39 is 18.2 Å². The summed E-state index contributed by atoms with van der Waals surface area (Å²) in [5, 5.41) is 0. The number of nitrogens with two attached hydrogens (primary N) is 2. The first-order chi connectivity index (χ1) is 9.08. The fourth-order valence-corrected chi connectivity index (χ4v) is 2.19. The summed E-state index contributed by atoms with van der Waals surface area (Å²) < 4.78 is 5.08. The highest BCUT2D eigenvalue weighted by Crippen LogP contribution is 2.27. The Balaban J connectivity index is 2.31. The van der Waals surface area contributed by atoms with Gasteiger partial charge in [-0.15, -0.1) is 0 Å². The van der Waals surface area contributed by atoms with Crippen molar-refractivity contribution in [3.8, 4) is 0 Å². The van der Waals surface area contributed by atoms with E-state index in [1.54, 1.807) is 12.1 Å². The third kappa shape index (κ3) is 2.45. The molecule has 6 nitrogen and oxygen atoms in total. The largest absolute Gasteiger partial charge is 0.436 e. The van der Waals surface area contributed by atoms with E-state index in [2.05, 4.69) is 0 Å². The van der Waals surface area contributed by atoms with E-state index in [1.807, 2.05) is 12.1 Å². The summed E-state index contributed by atoms with van der Waals surface area (Å²) in [6.07, 6.45) is -1.34. The number of rotatable bonds is 4. The Morgan fingerprint density at radius 1 is 1.32 bits per heavy atom. The van der Waals surface area contributed by atoms with Crippen LogP contribution in [-0.4, -0.2) is 30.6 Å². The topological polar surface area (TPSA) is 98.7 Å². The predicted octanol–water partition coefficient (Wildman–Crippen LogP) is 0.387. The summed E-state index contributed by atoms with van der Waals surface area (Å²) in [6, 6.07) is 6.74. The van der Waals surface area contributed by atoms with Crippen molar-refractivity contribution in [3.63, 3.8) is 0 Å². The molecule has 0 aliphatic carbocycles. The lowest BCUT2D eigenvalue weighted by Gasteiger charge is -2.22. The number of amides is 1. The number of anilines is 1. The first kappa shape index (κ1) is 13.5. The molecule has 1 saturated heterocycles. The molecular formula is C13H17N3O3. The molecule has 0 bridgehead atoms. The van der Waals surface area contributed by atoms with Crippen molar-refractivity contribution in [2.75, 3.05) is 11.4 Å². The lowest BCUT2D eigenvalue weighted by Crippen LogP contribution is -2.44. The van der Waals surface area contributed by atoms with Crippen molar-refractivity contribution in [1.29, 1.82) is 0 Å². The monoisotopic (exact) mass is 263 g/mol. The van der Waals surface area contributed by atoms with Crippen molar-refractivity contribution in [2.45, 2.75) is 25.6 Å². The van der Waals surface area contributed by atoms with Crippen LogP contribution in [0.15, 0.2) is 24.3 Å². The molecule has 1 amide bonds. The Kier molecular flexibility index (Phi) is 3.82. The predicted molar refractivity (Wildman–Crippen MR) is 70.6 cm³/mol. The van der Waals surface area contributed by atoms with Crippen LogP contribution in [0, 0.1) is 0 Å². The number of benzene rings is 1. The van der Waals surface area contributed by atoms with E-state index in [0.29, 0.717) is 12.2 Å². The highest BCUT2D eigenvalue weighted by atomic mass is 16.6. The second-order valence-corrected chi connectivity index (χ2v) is 4.46. The Bertz CT molecular complexity index is 486. The second kappa shape index (κ2) is 5.38. The van der Waals surface area contributed by atoms with Gasteiger partial charge in [0.25, 0.3) is 0 Å². The Hall–Kier alpha value is -1.92. The molecular weight excluding hydrogens is 246 g/mol. The molecule has 1 fully saturated rings. The number of hydrogen-bond acceptors (Lipinski definition) is 5. The second-order valence-electron chi connectivity index (χ2n) is 4.46. The molecule has 0 saturated carbocycles. The van der Waals surface area contributed by atoms with E-state index in [0.717, 1.165) is 5.56 Å². The van der Waals surface area contributed by atoms with Crippen LogP contribution in [0.2, 0.25) is 0 Å². The highest BCUT2D eigenvalue weighted by molar-refractivity contribution is 5.96. The molecule has 6 heteroatoms.